The molecule has 1 fully saturated rings. The number of nitrogens with zero attached hydrogens (tertiary/aromatic N) is 1. The fourth-order valence-electron chi connectivity index (χ4n) is 3.62. The van der Waals surface area contributed by atoms with Gasteiger partial charge in [0.05, 0.1) is 6.04 Å². The van der Waals surface area contributed by atoms with E-state index < -0.39 is 0 Å². The molecule has 0 bridgehead atoms. The number of carbonyl (C=O) groups excluding carboxylic acids is 1. The van der Waals surface area contributed by atoms with Gasteiger partial charge in [0.1, 0.15) is 5.82 Å². The number of aromatic nitrogens is 2. The van der Waals surface area contributed by atoms with E-state index in [9.17, 15) is 4.79 Å². The Morgan fingerprint density at radius 3 is 2.71 bits per heavy atom. The van der Waals surface area contributed by atoms with E-state index in [1.54, 1.807) is 6.20 Å². The predicted octanol–water partition coefficient (Wildman–Crippen LogP) is 4.17. The lowest BCUT2D eigenvalue weighted by atomic mass is 9.86. The zero-order valence-corrected chi connectivity index (χ0v) is 14.2. The van der Waals surface area contributed by atoms with Crippen molar-refractivity contribution in [3.8, 4) is 0 Å². The maximum absolute atomic E-state index is 12.5. The Balaban J connectivity index is 1.57. The van der Waals surface area contributed by atoms with E-state index in [0.29, 0.717) is 12.8 Å². The summed E-state index contributed by atoms with van der Waals surface area (Å²) in [5, 5.41) is 3.21. The van der Waals surface area contributed by atoms with Crippen LogP contribution in [-0.2, 0) is 11.2 Å². The van der Waals surface area contributed by atoms with Gasteiger partial charge in [-0.25, -0.2) is 4.98 Å². The number of imidazole rings is 1. The summed E-state index contributed by atoms with van der Waals surface area (Å²) in [6.07, 6.45) is 12.5. The number of hydrogen-bond donors (Lipinski definition) is 2. The first kappa shape index (κ1) is 16.7. The van der Waals surface area contributed by atoms with Gasteiger partial charge >= 0.3 is 0 Å². The van der Waals surface area contributed by atoms with Crippen LogP contribution in [0.2, 0.25) is 0 Å². The zero-order valence-electron chi connectivity index (χ0n) is 14.2. The van der Waals surface area contributed by atoms with Gasteiger partial charge in [-0.3, -0.25) is 4.79 Å². The highest BCUT2D eigenvalue weighted by molar-refractivity contribution is 5.76. The predicted molar refractivity (Wildman–Crippen MR) is 95.4 cm³/mol. The van der Waals surface area contributed by atoms with Gasteiger partial charge in [-0.1, -0.05) is 62.4 Å². The van der Waals surface area contributed by atoms with Gasteiger partial charge in [-0.05, 0) is 17.9 Å². The number of aromatic amines is 1. The fourth-order valence-corrected chi connectivity index (χ4v) is 3.62. The molecule has 3 rings (SSSR count). The van der Waals surface area contributed by atoms with Crippen molar-refractivity contribution in [2.75, 3.05) is 0 Å². The molecule has 1 atom stereocenters. The number of nitrogens with one attached hydrogen (secondary N) is 2. The van der Waals surface area contributed by atoms with Crippen molar-refractivity contribution in [1.82, 2.24) is 15.3 Å². The lowest BCUT2D eigenvalue weighted by molar-refractivity contribution is -0.122. The highest BCUT2D eigenvalue weighted by Crippen LogP contribution is 2.27. The minimum atomic E-state index is -0.0313. The van der Waals surface area contributed by atoms with Gasteiger partial charge in [-0.15, -0.1) is 0 Å². The smallest absolute Gasteiger partial charge is 0.220 e. The number of hydrogen-bond acceptors (Lipinski definition) is 2. The highest BCUT2D eigenvalue weighted by Gasteiger charge is 2.18. The van der Waals surface area contributed by atoms with Crippen LogP contribution < -0.4 is 5.32 Å². The quantitative estimate of drug-likeness (QED) is 0.802. The van der Waals surface area contributed by atoms with Gasteiger partial charge in [0, 0.05) is 25.2 Å². The van der Waals surface area contributed by atoms with Crippen LogP contribution in [0.25, 0.3) is 0 Å². The molecule has 0 spiro atoms. The van der Waals surface area contributed by atoms with Gasteiger partial charge in [0.25, 0.3) is 0 Å². The van der Waals surface area contributed by atoms with Crippen LogP contribution in [-0.4, -0.2) is 15.9 Å². The first-order chi connectivity index (χ1) is 11.8. The van der Waals surface area contributed by atoms with E-state index in [-0.39, 0.29) is 11.9 Å². The number of carbonyl (C=O) groups is 1. The molecule has 1 aliphatic rings. The first-order valence-corrected chi connectivity index (χ1v) is 9.14. The molecule has 1 aromatic carbocycles. The third-order valence-electron chi connectivity index (χ3n) is 4.99. The van der Waals surface area contributed by atoms with Crippen LogP contribution in [0.4, 0.5) is 0 Å². The lowest BCUT2D eigenvalue weighted by Crippen LogP contribution is -2.30. The molecule has 4 heteroatoms. The molecule has 0 saturated heterocycles. The summed E-state index contributed by atoms with van der Waals surface area (Å²) in [4.78, 5) is 19.9. The van der Waals surface area contributed by atoms with E-state index in [2.05, 4.69) is 27.4 Å². The topological polar surface area (TPSA) is 57.8 Å². The summed E-state index contributed by atoms with van der Waals surface area (Å²) >= 11 is 0. The summed E-state index contributed by atoms with van der Waals surface area (Å²) < 4.78 is 0. The summed E-state index contributed by atoms with van der Waals surface area (Å²) in [5.41, 5.74) is 1.12. The molecular weight excluding hydrogens is 298 g/mol. The maximum atomic E-state index is 12.5. The minimum absolute atomic E-state index is 0.0313. The molecule has 1 amide bonds. The largest absolute Gasteiger partial charge is 0.349 e. The molecule has 2 aromatic rings. The van der Waals surface area contributed by atoms with E-state index in [0.717, 1.165) is 23.7 Å². The number of rotatable bonds is 7. The fraction of sp³-hybridized carbons (Fsp3) is 0.500. The standard InChI is InChI=1S/C20H27N3O/c24-20(12-11-16-7-3-1-4-8-16)23-18(15-19-21-13-14-22-19)17-9-5-2-6-10-17/h2,5-6,9-10,13-14,16,18H,1,3-4,7-8,11-12,15H2,(H,21,22)(H,23,24)/t18-/m0/s1. The van der Waals surface area contributed by atoms with E-state index in [4.69, 9.17) is 0 Å². The van der Waals surface area contributed by atoms with E-state index >= 15 is 0 Å². The monoisotopic (exact) mass is 325 g/mol. The average Bonchev–Trinajstić information content (AvgIpc) is 3.14. The molecule has 0 aliphatic heterocycles. The Morgan fingerprint density at radius 1 is 1.21 bits per heavy atom. The van der Waals surface area contributed by atoms with Crippen LogP contribution in [0.5, 0.6) is 0 Å². The molecule has 1 aliphatic carbocycles. The van der Waals surface area contributed by atoms with Crippen molar-refractivity contribution in [3.63, 3.8) is 0 Å². The van der Waals surface area contributed by atoms with Crippen molar-refractivity contribution in [2.24, 2.45) is 5.92 Å². The Labute approximate surface area is 144 Å². The first-order valence-electron chi connectivity index (χ1n) is 9.14. The molecule has 128 valence electrons. The Kier molecular flexibility index (Phi) is 6.05. The Bertz CT molecular complexity index is 603. The summed E-state index contributed by atoms with van der Waals surface area (Å²) in [6, 6.07) is 10.1. The van der Waals surface area contributed by atoms with Gasteiger partial charge in [0.2, 0.25) is 5.91 Å². The molecule has 1 saturated carbocycles. The third-order valence-corrected chi connectivity index (χ3v) is 4.99. The van der Waals surface area contributed by atoms with E-state index in [1.165, 1.54) is 32.1 Å². The van der Waals surface area contributed by atoms with Crippen LogP contribution in [0.3, 0.4) is 0 Å². The van der Waals surface area contributed by atoms with Crippen LogP contribution in [0.1, 0.15) is 62.4 Å². The second-order valence-electron chi connectivity index (χ2n) is 6.81. The normalized spacial score (nSPS) is 16.7. The van der Waals surface area contributed by atoms with Crippen molar-refractivity contribution in [3.05, 3.63) is 54.1 Å². The highest BCUT2D eigenvalue weighted by atomic mass is 16.1. The number of H-pyrrole nitrogens is 1. The van der Waals surface area contributed by atoms with Crippen molar-refractivity contribution in [2.45, 2.75) is 57.4 Å². The maximum Gasteiger partial charge on any atom is 0.220 e. The molecule has 1 aromatic heterocycles. The van der Waals surface area contributed by atoms with Gasteiger partial charge in [-0.2, -0.15) is 0 Å². The second kappa shape index (κ2) is 8.67. The molecule has 0 radical (unpaired) electrons. The van der Waals surface area contributed by atoms with Crippen LogP contribution in [0, 0.1) is 5.92 Å². The molecule has 0 unspecified atom stereocenters. The Morgan fingerprint density at radius 2 is 2.00 bits per heavy atom. The minimum Gasteiger partial charge on any atom is -0.349 e. The van der Waals surface area contributed by atoms with Crippen LogP contribution >= 0.6 is 0 Å². The molecule has 2 N–H and O–H groups in total. The number of benzene rings is 1. The summed E-state index contributed by atoms with van der Waals surface area (Å²) in [7, 11) is 0. The lowest BCUT2D eigenvalue weighted by Gasteiger charge is -2.22. The van der Waals surface area contributed by atoms with Crippen molar-refractivity contribution < 1.29 is 4.79 Å². The molecule has 4 nitrogen and oxygen atoms in total. The number of amides is 1. The van der Waals surface area contributed by atoms with Crippen molar-refractivity contribution >= 4 is 5.91 Å². The SMILES string of the molecule is O=C(CCC1CCCCC1)N[C@@H](Cc1ncc[nH]1)c1ccccc1. The molecule has 24 heavy (non-hydrogen) atoms. The summed E-state index contributed by atoms with van der Waals surface area (Å²) in [6.45, 7) is 0. The molecule has 1 heterocycles. The van der Waals surface area contributed by atoms with Crippen molar-refractivity contribution in [1.29, 1.82) is 0 Å². The Hall–Kier alpha value is -2.10. The van der Waals surface area contributed by atoms with E-state index in [1.807, 2.05) is 24.4 Å². The third kappa shape index (κ3) is 4.95. The van der Waals surface area contributed by atoms with Gasteiger partial charge in [0.15, 0.2) is 0 Å². The second-order valence-corrected chi connectivity index (χ2v) is 6.81. The summed E-state index contributed by atoms with van der Waals surface area (Å²) in [5.74, 6) is 1.79. The molecular formula is C20H27N3O. The van der Waals surface area contributed by atoms with Crippen LogP contribution in [0.15, 0.2) is 42.7 Å². The zero-order chi connectivity index (χ0) is 16.6. The van der Waals surface area contributed by atoms with Gasteiger partial charge < -0.3 is 10.3 Å². The average molecular weight is 325 g/mol.